The van der Waals surface area contributed by atoms with E-state index in [2.05, 4.69) is 18.2 Å². The molecule has 1 heteroatoms. The van der Waals surface area contributed by atoms with Crippen LogP contribution in [0.1, 0.15) is 0 Å². The number of dihydropyridines is 1. The zero-order chi connectivity index (χ0) is 6.69. The maximum atomic E-state index is 4.10. The second-order valence-electron chi connectivity index (χ2n) is 1.91. The van der Waals surface area contributed by atoms with E-state index in [1.165, 1.54) is 0 Å². The molecule has 0 aromatic rings. The highest BCUT2D eigenvalue weighted by molar-refractivity contribution is 5.74. The Morgan fingerprint density at radius 2 is 2.44 bits per heavy atom. The average Bonchev–Trinajstić information content (AvgIpc) is 1.89. The SMILES string of the molecule is C=CC1N=CC=CC1=C. The zero-order valence-corrected chi connectivity index (χ0v) is 5.25. The molecule has 1 atom stereocenters. The molecule has 0 saturated heterocycles. The van der Waals surface area contributed by atoms with Gasteiger partial charge >= 0.3 is 0 Å². The molecule has 1 rings (SSSR count). The molecule has 1 nitrogen and oxygen atoms in total. The number of hydrogen-bond acceptors (Lipinski definition) is 1. The molecule has 1 heterocycles. The van der Waals surface area contributed by atoms with Gasteiger partial charge in [-0.05, 0) is 11.6 Å². The third-order valence-corrected chi connectivity index (χ3v) is 1.25. The summed E-state index contributed by atoms with van der Waals surface area (Å²) in [6.07, 6.45) is 7.37. The minimum absolute atomic E-state index is 0.106. The summed E-state index contributed by atoms with van der Waals surface area (Å²) in [5.41, 5.74) is 1.01. The molecule has 1 aliphatic heterocycles. The Morgan fingerprint density at radius 3 is 2.89 bits per heavy atom. The Balaban J connectivity index is 2.77. The van der Waals surface area contributed by atoms with Crippen LogP contribution in [0.5, 0.6) is 0 Å². The number of nitrogens with zero attached hydrogens (tertiary/aromatic N) is 1. The molecule has 0 fully saturated rings. The highest BCUT2D eigenvalue weighted by Gasteiger charge is 2.03. The number of hydrogen-bond donors (Lipinski definition) is 0. The van der Waals surface area contributed by atoms with Crippen molar-refractivity contribution in [3.05, 3.63) is 37.0 Å². The van der Waals surface area contributed by atoms with Gasteiger partial charge in [-0.2, -0.15) is 0 Å². The van der Waals surface area contributed by atoms with Crippen LogP contribution in [0.4, 0.5) is 0 Å². The van der Waals surface area contributed by atoms with Crippen molar-refractivity contribution in [2.45, 2.75) is 6.04 Å². The van der Waals surface area contributed by atoms with Crippen molar-refractivity contribution in [3.8, 4) is 0 Å². The van der Waals surface area contributed by atoms with E-state index in [0.717, 1.165) is 5.57 Å². The summed E-state index contributed by atoms with van der Waals surface area (Å²) < 4.78 is 0. The van der Waals surface area contributed by atoms with Crippen LogP contribution >= 0.6 is 0 Å². The van der Waals surface area contributed by atoms with Crippen LogP contribution in [0.3, 0.4) is 0 Å². The Bertz CT molecular complexity index is 187. The van der Waals surface area contributed by atoms with Crippen LogP contribution in [-0.4, -0.2) is 12.3 Å². The van der Waals surface area contributed by atoms with Crippen molar-refractivity contribution >= 4 is 6.21 Å². The van der Waals surface area contributed by atoms with Gasteiger partial charge in [0, 0.05) is 6.21 Å². The fraction of sp³-hybridized carbons (Fsp3) is 0.125. The molecule has 1 unspecified atom stereocenters. The van der Waals surface area contributed by atoms with Crippen molar-refractivity contribution < 1.29 is 0 Å². The van der Waals surface area contributed by atoms with E-state index >= 15 is 0 Å². The molecule has 46 valence electrons. The van der Waals surface area contributed by atoms with Crippen LogP contribution in [0.15, 0.2) is 42.0 Å². The van der Waals surface area contributed by atoms with Gasteiger partial charge in [0.15, 0.2) is 0 Å². The quantitative estimate of drug-likeness (QED) is 0.466. The summed E-state index contributed by atoms with van der Waals surface area (Å²) in [6, 6.07) is 0.106. The van der Waals surface area contributed by atoms with Crippen molar-refractivity contribution in [2.75, 3.05) is 0 Å². The molecule has 0 aromatic heterocycles. The fourth-order valence-corrected chi connectivity index (χ4v) is 0.716. The van der Waals surface area contributed by atoms with E-state index in [0.29, 0.717) is 0 Å². The smallest absolute Gasteiger partial charge is 0.0921 e. The molecule has 0 saturated carbocycles. The topological polar surface area (TPSA) is 12.4 Å². The van der Waals surface area contributed by atoms with Gasteiger partial charge in [-0.25, -0.2) is 0 Å². The molecule has 0 amide bonds. The summed E-state index contributed by atoms with van der Waals surface area (Å²) in [7, 11) is 0. The second kappa shape index (κ2) is 2.44. The summed E-state index contributed by atoms with van der Waals surface area (Å²) in [5, 5.41) is 0. The second-order valence-corrected chi connectivity index (χ2v) is 1.91. The first-order chi connectivity index (χ1) is 4.34. The number of allylic oxidation sites excluding steroid dienone is 1. The lowest BCUT2D eigenvalue weighted by Crippen LogP contribution is -2.04. The Morgan fingerprint density at radius 1 is 1.67 bits per heavy atom. The van der Waals surface area contributed by atoms with Gasteiger partial charge in [0.2, 0.25) is 0 Å². The van der Waals surface area contributed by atoms with E-state index in [4.69, 9.17) is 0 Å². The highest BCUT2D eigenvalue weighted by Crippen LogP contribution is 2.09. The van der Waals surface area contributed by atoms with Gasteiger partial charge in [-0.3, -0.25) is 4.99 Å². The molecule has 0 N–H and O–H groups in total. The maximum Gasteiger partial charge on any atom is 0.0921 e. The lowest BCUT2D eigenvalue weighted by Gasteiger charge is -2.08. The van der Waals surface area contributed by atoms with E-state index in [-0.39, 0.29) is 6.04 Å². The molecular formula is C8H9N. The molecule has 0 bridgehead atoms. The van der Waals surface area contributed by atoms with E-state index in [1.54, 1.807) is 12.3 Å². The molecule has 9 heavy (non-hydrogen) atoms. The maximum absolute atomic E-state index is 4.10. The van der Waals surface area contributed by atoms with Gasteiger partial charge < -0.3 is 0 Å². The Kier molecular flexibility index (Phi) is 1.63. The lowest BCUT2D eigenvalue weighted by atomic mass is 10.1. The number of rotatable bonds is 1. The zero-order valence-electron chi connectivity index (χ0n) is 5.25. The van der Waals surface area contributed by atoms with Gasteiger partial charge in [-0.1, -0.05) is 18.7 Å². The molecule has 0 spiro atoms. The van der Waals surface area contributed by atoms with Gasteiger partial charge in [-0.15, -0.1) is 6.58 Å². The lowest BCUT2D eigenvalue weighted by molar-refractivity contribution is 0.988. The standard InChI is InChI=1S/C8H9N/c1-3-8-7(2)5-4-6-9-8/h3-6,8H,1-2H2. The largest absolute Gasteiger partial charge is 0.281 e. The minimum atomic E-state index is 0.106. The van der Waals surface area contributed by atoms with Crippen LogP contribution in [0.2, 0.25) is 0 Å². The van der Waals surface area contributed by atoms with Crippen molar-refractivity contribution in [1.29, 1.82) is 0 Å². The molecule has 0 aliphatic carbocycles. The summed E-state index contributed by atoms with van der Waals surface area (Å²) in [6.45, 7) is 7.42. The first-order valence-corrected chi connectivity index (χ1v) is 2.86. The van der Waals surface area contributed by atoms with E-state index in [1.807, 2.05) is 12.2 Å². The van der Waals surface area contributed by atoms with E-state index in [9.17, 15) is 0 Å². The molecule has 0 aromatic carbocycles. The normalized spacial score (nSPS) is 24.4. The third kappa shape index (κ3) is 1.17. The summed E-state index contributed by atoms with van der Waals surface area (Å²) >= 11 is 0. The highest BCUT2D eigenvalue weighted by atomic mass is 14.8. The minimum Gasteiger partial charge on any atom is -0.281 e. The molecular weight excluding hydrogens is 110 g/mol. The first-order valence-electron chi connectivity index (χ1n) is 2.86. The van der Waals surface area contributed by atoms with Gasteiger partial charge in [0.05, 0.1) is 6.04 Å². The monoisotopic (exact) mass is 119 g/mol. The van der Waals surface area contributed by atoms with Crippen molar-refractivity contribution in [2.24, 2.45) is 4.99 Å². The van der Waals surface area contributed by atoms with Crippen molar-refractivity contribution in [3.63, 3.8) is 0 Å². The van der Waals surface area contributed by atoms with Crippen molar-refractivity contribution in [1.82, 2.24) is 0 Å². The average molecular weight is 119 g/mol. The van der Waals surface area contributed by atoms with Crippen LogP contribution in [0.25, 0.3) is 0 Å². The van der Waals surface area contributed by atoms with Crippen LogP contribution < -0.4 is 0 Å². The first kappa shape index (κ1) is 6.02. The summed E-state index contributed by atoms with van der Waals surface area (Å²) in [4.78, 5) is 4.10. The van der Waals surface area contributed by atoms with E-state index < -0.39 is 0 Å². The van der Waals surface area contributed by atoms with Gasteiger partial charge in [0.1, 0.15) is 0 Å². The Labute approximate surface area is 55.1 Å². The predicted molar refractivity (Wildman–Crippen MR) is 40.8 cm³/mol. The predicted octanol–water partition coefficient (Wildman–Crippen LogP) is 1.74. The fourth-order valence-electron chi connectivity index (χ4n) is 0.716. The van der Waals surface area contributed by atoms with Crippen LogP contribution in [-0.2, 0) is 0 Å². The van der Waals surface area contributed by atoms with Gasteiger partial charge in [0.25, 0.3) is 0 Å². The molecule has 0 radical (unpaired) electrons. The third-order valence-electron chi connectivity index (χ3n) is 1.25. The Hall–Kier alpha value is -1.11. The number of aliphatic imine (C=N–C) groups is 1. The molecule has 1 aliphatic rings. The summed E-state index contributed by atoms with van der Waals surface area (Å²) in [5.74, 6) is 0. The van der Waals surface area contributed by atoms with Crippen LogP contribution in [0, 0.1) is 0 Å².